The van der Waals surface area contributed by atoms with E-state index in [0.717, 1.165) is 41.1 Å². The van der Waals surface area contributed by atoms with E-state index in [4.69, 9.17) is 0 Å². The lowest BCUT2D eigenvalue weighted by Crippen LogP contribution is -2.23. The molecule has 8 heteroatoms. The van der Waals surface area contributed by atoms with Crippen molar-refractivity contribution in [2.45, 2.75) is 19.0 Å². The van der Waals surface area contributed by atoms with Crippen LogP contribution in [0.4, 0.5) is 14.5 Å². The molecule has 0 atom stereocenters. The van der Waals surface area contributed by atoms with Crippen LogP contribution in [0.3, 0.4) is 0 Å². The molecule has 0 radical (unpaired) electrons. The summed E-state index contributed by atoms with van der Waals surface area (Å²) in [6, 6.07) is 15.6. The van der Waals surface area contributed by atoms with Gasteiger partial charge in [0.2, 0.25) is 5.91 Å². The van der Waals surface area contributed by atoms with Gasteiger partial charge < -0.3 is 5.32 Å². The predicted molar refractivity (Wildman–Crippen MR) is 123 cm³/mol. The first kappa shape index (κ1) is 21.7. The average molecular weight is 451 g/mol. The third-order valence-corrected chi connectivity index (χ3v) is 5.82. The van der Waals surface area contributed by atoms with Crippen LogP contribution in [0.2, 0.25) is 0 Å². The van der Waals surface area contributed by atoms with Gasteiger partial charge in [0.15, 0.2) is 5.16 Å². The van der Waals surface area contributed by atoms with Gasteiger partial charge in [0.25, 0.3) is 5.56 Å². The molecule has 5 nitrogen and oxygen atoms in total. The fraction of sp³-hybridized carbons (Fsp3) is 0.125. The number of rotatable bonds is 5. The number of benzene rings is 3. The number of aryl methyl sites for hydroxylation is 2. The van der Waals surface area contributed by atoms with E-state index in [-0.39, 0.29) is 17.0 Å². The molecule has 0 spiro atoms. The Hall–Kier alpha value is -3.52. The molecular formula is C24H19F2N3O2S. The molecule has 4 aromatic rings. The smallest absolute Gasteiger partial charge is 0.266 e. The minimum atomic E-state index is -0.735. The molecule has 32 heavy (non-hydrogen) atoms. The van der Waals surface area contributed by atoms with Crippen LogP contribution in [0.5, 0.6) is 0 Å². The maximum Gasteiger partial charge on any atom is 0.266 e. The second-order valence-electron chi connectivity index (χ2n) is 7.30. The van der Waals surface area contributed by atoms with E-state index in [1.165, 1.54) is 4.57 Å². The molecule has 0 unspecified atom stereocenters. The molecule has 0 fully saturated rings. The van der Waals surface area contributed by atoms with Crippen molar-refractivity contribution in [1.82, 2.24) is 9.55 Å². The van der Waals surface area contributed by atoms with Crippen molar-refractivity contribution in [3.8, 4) is 5.69 Å². The molecular weight excluding hydrogens is 432 g/mol. The molecule has 1 aromatic heterocycles. The van der Waals surface area contributed by atoms with Crippen LogP contribution in [0, 0.1) is 25.5 Å². The second kappa shape index (κ2) is 8.92. The van der Waals surface area contributed by atoms with Gasteiger partial charge in [0, 0.05) is 6.07 Å². The predicted octanol–water partition coefficient (Wildman–Crippen LogP) is 5.01. The Morgan fingerprint density at radius 1 is 1.06 bits per heavy atom. The zero-order chi connectivity index (χ0) is 22.8. The first-order chi connectivity index (χ1) is 15.3. The summed E-state index contributed by atoms with van der Waals surface area (Å²) >= 11 is 1.05. The summed E-state index contributed by atoms with van der Waals surface area (Å²) in [5.41, 5.74) is 2.55. The molecule has 0 saturated heterocycles. The van der Waals surface area contributed by atoms with E-state index < -0.39 is 17.5 Å². The summed E-state index contributed by atoms with van der Waals surface area (Å²) in [4.78, 5) is 30.4. The van der Waals surface area contributed by atoms with Crippen molar-refractivity contribution in [3.05, 3.63) is 93.8 Å². The summed E-state index contributed by atoms with van der Waals surface area (Å²) in [6.07, 6.45) is 0. The number of aromatic nitrogens is 2. The van der Waals surface area contributed by atoms with Gasteiger partial charge in [-0.25, -0.2) is 13.8 Å². The Morgan fingerprint density at radius 2 is 1.84 bits per heavy atom. The molecule has 1 N–H and O–H groups in total. The van der Waals surface area contributed by atoms with Gasteiger partial charge in [-0.3, -0.25) is 14.2 Å². The molecule has 0 saturated carbocycles. The van der Waals surface area contributed by atoms with Gasteiger partial charge in [0.05, 0.1) is 28.0 Å². The van der Waals surface area contributed by atoms with E-state index in [1.807, 2.05) is 32.0 Å². The SMILES string of the molecule is Cc1ccc(C)c(-n2c(SCC(=O)Nc3cc(F)ccc3F)nc3ccccc3c2=O)c1. The van der Waals surface area contributed by atoms with Crippen LogP contribution < -0.4 is 10.9 Å². The Balaban J connectivity index is 1.71. The lowest BCUT2D eigenvalue weighted by Gasteiger charge is -2.16. The maximum absolute atomic E-state index is 13.8. The summed E-state index contributed by atoms with van der Waals surface area (Å²) in [5, 5.41) is 3.16. The minimum Gasteiger partial charge on any atom is -0.323 e. The van der Waals surface area contributed by atoms with Crippen molar-refractivity contribution < 1.29 is 13.6 Å². The lowest BCUT2D eigenvalue weighted by molar-refractivity contribution is -0.113. The molecule has 1 heterocycles. The number of carbonyl (C=O) groups excluding carboxylic acids is 1. The zero-order valence-corrected chi connectivity index (χ0v) is 18.2. The van der Waals surface area contributed by atoms with Crippen molar-refractivity contribution in [2.24, 2.45) is 0 Å². The molecule has 0 bridgehead atoms. The Kier molecular flexibility index (Phi) is 6.05. The van der Waals surface area contributed by atoms with Gasteiger partial charge in [-0.2, -0.15) is 0 Å². The van der Waals surface area contributed by atoms with Crippen LogP contribution in [-0.4, -0.2) is 21.2 Å². The molecule has 0 aliphatic rings. The van der Waals surface area contributed by atoms with Gasteiger partial charge in [-0.05, 0) is 55.3 Å². The van der Waals surface area contributed by atoms with E-state index in [2.05, 4.69) is 10.3 Å². The number of nitrogens with one attached hydrogen (secondary N) is 1. The highest BCUT2D eigenvalue weighted by molar-refractivity contribution is 7.99. The first-order valence-electron chi connectivity index (χ1n) is 9.80. The Labute approximate surface area is 187 Å². The van der Waals surface area contributed by atoms with Crippen molar-refractivity contribution in [1.29, 1.82) is 0 Å². The normalized spacial score (nSPS) is 11.0. The zero-order valence-electron chi connectivity index (χ0n) is 17.4. The van der Waals surface area contributed by atoms with E-state index in [9.17, 15) is 18.4 Å². The maximum atomic E-state index is 13.8. The monoisotopic (exact) mass is 451 g/mol. The average Bonchev–Trinajstić information content (AvgIpc) is 2.77. The highest BCUT2D eigenvalue weighted by Gasteiger charge is 2.17. The third-order valence-electron chi connectivity index (χ3n) is 4.89. The number of thioether (sulfide) groups is 1. The summed E-state index contributed by atoms with van der Waals surface area (Å²) < 4.78 is 28.7. The Bertz CT molecular complexity index is 1400. The summed E-state index contributed by atoms with van der Waals surface area (Å²) in [5.74, 6) is -2.09. The number of anilines is 1. The Morgan fingerprint density at radius 3 is 2.66 bits per heavy atom. The van der Waals surface area contributed by atoms with Crippen LogP contribution in [-0.2, 0) is 4.79 Å². The highest BCUT2D eigenvalue weighted by Crippen LogP contribution is 2.24. The number of para-hydroxylation sites is 1. The van der Waals surface area contributed by atoms with Crippen molar-refractivity contribution in [2.75, 3.05) is 11.1 Å². The molecule has 1 amide bonds. The standard InChI is InChI=1S/C24H19F2N3O2S/c1-14-7-8-15(2)21(11-14)29-23(31)17-5-3-4-6-19(17)28-24(29)32-13-22(30)27-20-12-16(25)9-10-18(20)26/h3-12H,13H2,1-2H3,(H,27,30). The van der Waals surface area contributed by atoms with E-state index >= 15 is 0 Å². The lowest BCUT2D eigenvalue weighted by atomic mass is 10.1. The third kappa shape index (κ3) is 4.40. The number of hydrogen-bond acceptors (Lipinski definition) is 4. The second-order valence-corrected chi connectivity index (χ2v) is 8.25. The van der Waals surface area contributed by atoms with Crippen molar-refractivity contribution >= 4 is 34.3 Å². The van der Waals surface area contributed by atoms with Gasteiger partial charge in [-0.1, -0.05) is 36.0 Å². The number of amides is 1. The van der Waals surface area contributed by atoms with Gasteiger partial charge in [0.1, 0.15) is 11.6 Å². The quantitative estimate of drug-likeness (QED) is 0.342. The summed E-state index contributed by atoms with van der Waals surface area (Å²) in [7, 11) is 0. The molecule has 162 valence electrons. The topological polar surface area (TPSA) is 64.0 Å². The highest BCUT2D eigenvalue weighted by atomic mass is 32.2. The number of halogens is 2. The van der Waals surface area contributed by atoms with Gasteiger partial charge in [-0.15, -0.1) is 0 Å². The number of carbonyl (C=O) groups is 1. The molecule has 3 aromatic carbocycles. The molecule has 0 aliphatic carbocycles. The fourth-order valence-electron chi connectivity index (χ4n) is 3.29. The molecule has 4 rings (SSSR count). The van der Waals surface area contributed by atoms with Crippen LogP contribution in [0.15, 0.2) is 70.6 Å². The van der Waals surface area contributed by atoms with E-state index in [0.29, 0.717) is 21.7 Å². The van der Waals surface area contributed by atoms with Crippen LogP contribution in [0.25, 0.3) is 16.6 Å². The van der Waals surface area contributed by atoms with E-state index in [1.54, 1.807) is 24.3 Å². The largest absolute Gasteiger partial charge is 0.323 e. The number of fused-ring (bicyclic) bond motifs is 1. The van der Waals surface area contributed by atoms with Crippen LogP contribution >= 0.6 is 11.8 Å². The van der Waals surface area contributed by atoms with Crippen molar-refractivity contribution in [3.63, 3.8) is 0 Å². The molecule has 0 aliphatic heterocycles. The minimum absolute atomic E-state index is 0.147. The number of hydrogen-bond donors (Lipinski definition) is 1. The first-order valence-corrected chi connectivity index (χ1v) is 10.8. The number of nitrogens with zero attached hydrogens (tertiary/aromatic N) is 2. The summed E-state index contributed by atoms with van der Waals surface area (Å²) in [6.45, 7) is 3.82. The van der Waals surface area contributed by atoms with Crippen LogP contribution in [0.1, 0.15) is 11.1 Å². The van der Waals surface area contributed by atoms with Gasteiger partial charge >= 0.3 is 0 Å². The fourth-order valence-corrected chi connectivity index (χ4v) is 4.10.